The van der Waals surface area contributed by atoms with E-state index in [1.807, 2.05) is 0 Å². The first-order valence-electron chi connectivity index (χ1n) is 4.85. The molecule has 1 aromatic carbocycles. The first-order chi connectivity index (χ1) is 7.33. The Morgan fingerprint density at radius 3 is 2.19 bits per heavy atom. The van der Waals surface area contributed by atoms with Crippen LogP contribution in [0.5, 0.6) is 0 Å². The Morgan fingerprint density at radius 2 is 1.75 bits per heavy atom. The molecule has 4 heteroatoms. The fourth-order valence-corrected chi connectivity index (χ4v) is 1.21. The maximum absolute atomic E-state index is 12.6. The molecule has 16 heavy (non-hydrogen) atoms. The van der Waals surface area contributed by atoms with Crippen molar-refractivity contribution in [2.24, 2.45) is 5.41 Å². The van der Waals surface area contributed by atoms with Crippen molar-refractivity contribution in [3.63, 3.8) is 0 Å². The van der Waals surface area contributed by atoms with E-state index in [1.54, 1.807) is 0 Å². The minimum atomic E-state index is -1.11. The summed E-state index contributed by atoms with van der Waals surface area (Å²) in [6.45, 7) is 2.97. The van der Waals surface area contributed by atoms with Crippen molar-refractivity contribution in [1.29, 1.82) is 0 Å². The molecule has 0 spiro atoms. The topological polar surface area (TPSA) is 54.4 Å². The van der Waals surface area contributed by atoms with Gasteiger partial charge in [-0.3, -0.25) is 9.59 Å². The van der Waals surface area contributed by atoms with E-state index in [0.717, 1.165) is 0 Å². The van der Waals surface area contributed by atoms with E-state index in [0.29, 0.717) is 5.56 Å². The van der Waals surface area contributed by atoms with E-state index in [9.17, 15) is 14.0 Å². The van der Waals surface area contributed by atoms with Gasteiger partial charge in [0, 0.05) is 12.0 Å². The van der Waals surface area contributed by atoms with Gasteiger partial charge in [0.05, 0.1) is 5.41 Å². The van der Waals surface area contributed by atoms with Gasteiger partial charge < -0.3 is 5.11 Å². The van der Waals surface area contributed by atoms with Crippen LogP contribution in [-0.2, 0) is 4.79 Å². The molecular weight excluding hydrogens is 211 g/mol. The molecule has 0 aliphatic heterocycles. The van der Waals surface area contributed by atoms with Crippen molar-refractivity contribution in [3.8, 4) is 0 Å². The third kappa shape index (κ3) is 2.89. The standard InChI is InChI=1S/C12H13FO3/c1-12(2,11(15)16)7-10(14)8-3-5-9(13)6-4-8/h3-6H,7H2,1-2H3,(H,15,16). The average Bonchev–Trinajstić information content (AvgIpc) is 2.17. The van der Waals surface area contributed by atoms with Crippen LogP contribution in [0, 0.1) is 11.2 Å². The Labute approximate surface area is 92.9 Å². The number of hydrogen-bond donors (Lipinski definition) is 1. The second kappa shape index (κ2) is 4.43. The molecule has 1 aromatic rings. The number of halogens is 1. The Morgan fingerprint density at radius 1 is 1.25 bits per heavy atom. The number of carbonyl (C=O) groups is 2. The molecule has 3 nitrogen and oxygen atoms in total. The van der Waals surface area contributed by atoms with Gasteiger partial charge in [-0.1, -0.05) is 0 Å². The molecule has 0 atom stereocenters. The number of carboxylic acid groups (broad SMARTS) is 1. The number of benzene rings is 1. The molecule has 86 valence electrons. The van der Waals surface area contributed by atoms with Gasteiger partial charge in [-0.2, -0.15) is 0 Å². The highest BCUT2D eigenvalue weighted by atomic mass is 19.1. The molecule has 0 bridgehead atoms. The quantitative estimate of drug-likeness (QED) is 0.799. The number of Topliss-reactive ketones (excluding diaryl/α,β-unsaturated/α-hetero) is 1. The Balaban J connectivity index is 2.81. The smallest absolute Gasteiger partial charge is 0.309 e. The van der Waals surface area contributed by atoms with E-state index < -0.39 is 17.2 Å². The van der Waals surface area contributed by atoms with Crippen molar-refractivity contribution in [1.82, 2.24) is 0 Å². The van der Waals surface area contributed by atoms with Crippen molar-refractivity contribution >= 4 is 11.8 Å². The summed E-state index contributed by atoms with van der Waals surface area (Å²) >= 11 is 0. The molecule has 0 heterocycles. The summed E-state index contributed by atoms with van der Waals surface area (Å²) in [6.07, 6.45) is -0.103. The first kappa shape index (κ1) is 12.4. The van der Waals surface area contributed by atoms with Gasteiger partial charge in [-0.25, -0.2) is 4.39 Å². The third-order valence-corrected chi connectivity index (χ3v) is 2.35. The van der Waals surface area contributed by atoms with Gasteiger partial charge in [0.1, 0.15) is 5.82 Å². The maximum atomic E-state index is 12.6. The summed E-state index contributed by atoms with van der Waals surface area (Å²) in [6, 6.07) is 5.08. The predicted octanol–water partition coefficient (Wildman–Crippen LogP) is 2.51. The molecule has 0 aromatic heterocycles. The van der Waals surface area contributed by atoms with Crippen LogP contribution in [0.3, 0.4) is 0 Å². The number of hydrogen-bond acceptors (Lipinski definition) is 2. The highest BCUT2D eigenvalue weighted by molar-refractivity contribution is 5.98. The molecule has 0 fully saturated rings. The van der Waals surface area contributed by atoms with Crippen LogP contribution in [0.15, 0.2) is 24.3 Å². The molecule has 1 rings (SSSR count). The van der Waals surface area contributed by atoms with Crippen LogP contribution in [0.25, 0.3) is 0 Å². The van der Waals surface area contributed by atoms with E-state index in [-0.39, 0.29) is 12.2 Å². The van der Waals surface area contributed by atoms with Crippen LogP contribution in [0.2, 0.25) is 0 Å². The Hall–Kier alpha value is -1.71. The largest absolute Gasteiger partial charge is 0.481 e. The lowest BCUT2D eigenvalue weighted by Gasteiger charge is -2.17. The minimum Gasteiger partial charge on any atom is -0.481 e. The van der Waals surface area contributed by atoms with E-state index >= 15 is 0 Å². The van der Waals surface area contributed by atoms with Gasteiger partial charge in [-0.15, -0.1) is 0 Å². The number of aliphatic carboxylic acids is 1. The zero-order chi connectivity index (χ0) is 12.3. The summed E-state index contributed by atoms with van der Waals surface area (Å²) in [5, 5.41) is 8.87. The fraction of sp³-hybridized carbons (Fsp3) is 0.333. The van der Waals surface area contributed by atoms with Gasteiger partial charge in [0.15, 0.2) is 5.78 Å². The summed E-state index contributed by atoms with van der Waals surface area (Å²) in [5.41, 5.74) is -0.776. The zero-order valence-corrected chi connectivity index (χ0v) is 9.16. The molecule has 0 radical (unpaired) electrons. The summed E-state index contributed by atoms with van der Waals surface area (Å²) in [5.74, 6) is -1.75. The van der Waals surface area contributed by atoms with Crippen LogP contribution in [0.4, 0.5) is 4.39 Å². The second-order valence-electron chi connectivity index (χ2n) is 4.30. The molecule has 1 N–H and O–H groups in total. The summed E-state index contributed by atoms with van der Waals surface area (Å²) < 4.78 is 12.6. The van der Waals surface area contributed by atoms with Crippen LogP contribution in [-0.4, -0.2) is 16.9 Å². The third-order valence-electron chi connectivity index (χ3n) is 2.35. The number of carbonyl (C=O) groups excluding carboxylic acids is 1. The summed E-state index contributed by atoms with van der Waals surface area (Å²) in [7, 11) is 0. The lowest BCUT2D eigenvalue weighted by atomic mass is 9.86. The first-order valence-corrected chi connectivity index (χ1v) is 4.85. The van der Waals surface area contributed by atoms with Gasteiger partial charge in [-0.05, 0) is 38.1 Å². The second-order valence-corrected chi connectivity index (χ2v) is 4.30. The van der Waals surface area contributed by atoms with Crippen LogP contribution >= 0.6 is 0 Å². The Bertz CT molecular complexity index is 407. The van der Waals surface area contributed by atoms with Crippen molar-refractivity contribution in [2.45, 2.75) is 20.3 Å². The lowest BCUT2D eigenvalue weighted by molar-refractivity contribution is -0.146. The molecular formula is C12H13FO3. The molecule has 0 saturated heterocycles. The maximum Gasteiger partial charge on any atom is 0.309 e. The van der Waals surface area contributed by atoms with Crippen LogP contribution in [0.1, 0.15) is 30.6 Å². The number of carboxylic acids is 1. The molecule has 0 unspecified atom stereocenters. The molecule has 0 amide bonds. The fourth-order valence-electron chi connectivity index (χ4n) is 1.21. The van der Waals surface area contributed by atoms with E-state index in [2.05, 4.69) is 0 Å². The normalized spacial score (nSPS) is 11.2. The van der Waals surface area contributed by atoms with Crippen molar-refractivity contribution in [2.75, 3.05) is 0 Å². The summed E-state index contributed by atoms with van der Waals surface area (Å²) in [4.78, 5) is 22.5. The highest BCUT2D eigenvalue weighted by Gasteiger charge is 2.30. The molecule has 0 aliphatic rings. The average molecular weight is 224 g/mol. The molecule has 0 aliphatic carbocycles. The van der Waals surface area contributed by atoms with Crippen molar-refractivity contribution < 1.29 is 19.1 Å². The van der Waals surface area contributed by atoms with E-state index in [1.165, 1.54) is 38.1 Å². The van der Waals surface area contributed by atoms with Gasteiger partial charge >= 0.3 is 5.97 Å². The Kier molecular flexibility index (Phi) is 3.42. The minimum absolute atomic E-state index is 0.103. The SMILES string of the molecule is CC(C)(CC(=O)c1ccc(F)cc1)C(=O)O. The highest BCUT2D eigenvalue weighted by Crippen LogP contribution is 2.23. The molecule has 0 saturated carbocycles. The van der Waals surface area contributed by atoms with Crippen molar-refractivity contribution in [3.05, 3.63) is 35.6 Å². The monoisotopic (exact) mass is 224 g/mol. The van der Waals surface area contributed by atoms with E-state index in [4.69, 9.17) is 5.11 Å². The lowest BCUT2D eigenvalue weighted by Crippen LogP contribution is -2.26. The zero-order valence-electron chi connectivity index (χ0n) is 9.16. The van der Waals surface area contributed by atoms with Crippen LogP contribution < -0.4 is 0 Å². The number of ketones is 1. The predicted molar refractivity (Wildman–Crippen MR) is 56.8 cm³/mol. The van der Waals surface area contributed by atoms with Gasteiger partial charge in [0.2, 0.25) is 0 Å². The number of rotatable bonds is 4. The van der Waals surface area contributed by atoms with Gasteiger partial charge in [0.25, 0.3) is 0 Å².